The van der Waals surface area contributed by atoms with Crippen LogP contribution >= 0.6 is 46.1 Å². The number of hydrogen-bond donors (Lipinski definition) is 1. The topological polar surface area (TPSA) is 92.8 Å². The molecule has 178 valence electrons. The highest BCUT2D eigenvalue weighted by Gasteiger charge is 2.42. The molecule has 2 fully saturated rings. The number of carbonyl (C=O) groups excluding carboxylic acids is 2. The van der Waals surface area contributed by atoms with Crippen molar-refractivity contribution in [2.75, 3.05) is 13.1 Å². The number of amides is 2. The first-order valence-electron chi connectivity index (χ1n) is 9.79. The van der Waals surface area contributed by atoms with Crippen LogP contribution in [0.15, 0.2) is 16.3 Å². The molecule has 1 N–H and O–H groups in total. The fourth-order valence-electron chi connectivity index (χ4n) is 3.99. The standard InChI is InChI=1S/C19H22Cl3FN2O5S2/c1-19(2,3)30-18(27)25-7-9-5-4-6-10(8-25)11(9)13(23)17(26)24-32(28,29)14-12(20)15(21)31-16(14)22/h9-10H,4-8H2,1-3H3,(H,24,26). The molecule has 0 radical (unpaired) electrons. The summed E-state index contributed by atoms with van der Waals surface area (Å²) in [6.07, 6.45) is 1.44. The van der Waals surface area contributed by atoms with E-state index >= 15 is 4.39 Å². The van der Waals surface area contributed by atoms with Crippen LogP contribution in [0.5, 0.6) is 0 Å². The number of thiophene rings is 1. The number of sulfonamides is 1. The van der Waals surface area contributed by atoms with Crippen molar-refractivity contribution in [1.29, 1.82) is 0 Å². The van der Waals surface area contributed by atoms with E-state index in [0.717, 1.165) is 17.8 Å². The molecule has 2 bridgehead atoms. The minimum Gasteiger partial charge on any atom is -0.444 e. The Hall–Kier alpha value is -1.07. The van der Waals surface area contributed by atoms with E-state index in [1.165, 1.54) is 4.90 Å². The van der Waals surface area contributed by atoms with E-state index in [2.05, 4.69) is 0 Å². The SMILES string of the molecule is CC(C)(C)OC(=O)N1CC2CCCC(C1)C2=C(F)C(=O)NS(=O)(=O)c1c(Cl)sc(Cl)c1Cl. The molecule has 1 aliphatic heterocycles. The molecule has 2 unspecified atom stereocenters. The maximum absolute atomic E-state index is 15.2. The summed E-state index contributed by atoms with van der Waals surface area (Å²) in [4.78, 5) is 26.0. The van der Waals surface area contributed by atoms with E-state index in [4.69, 9.17) is 39.5 Å². The van der Waals surface area contributed by atoms with E-state index in [1.807, 2.05) is 0 Å². The number of nitrogens with zero attached hydrogens (tertiary/aromatic N) is 1. The Morgan fingerprint density at radius 2 is 1.69 bits per heavy atom. The van der Waals surface area contributed by atoms with E-state index < -0.39 is 50.2 Å². The Balaban J connectivity index is 1.83. The Morgan fingerprint density at radius 3 is 2.16 bits per heavy atom. The van der Waals surface area contributed by atoms with Gasteiger partial charge in [0.25, 0.3) is 15.9 Å². The number of piperidine rings is 1. The van der Waals surface area contributed by atoms with Gasteiger partial charge in [0.1, 0.15) is 19.2 Å². The normalized spacial score (nSPS) is 21.3. The molecule has 32 heavy (non-hydrogen) atoms. The predicted octanol–water partition coefficient (Wildman–Crippen LogP) is 5.40. The molecule has 2 amide bonds. The maximum atomic E-state index is 15.2. The first-order valence-corrected chi connectivity index (χ1v) is 13.2. The smallest absolute Gasteiger partial charge is 0.410 e. The number of ether oxygens (including phenoxy) is 1. The van der Waals surface area contributed by atoms with Gasteiger partial charge in [-0.25, -0.2) is 22.3 Å². The van der Waals surface area contributed by atoms with Gasteiger partial charge in [-0.1, -0.05) is 41.2 Å². The highest BCUT2D eigenvalue weighted by Crippen LogP contribution is 2.44. The molecule has 3 rings (SSSR count). The van der Waals surface area contributed by atoms with Gasteiger partial charge >= 0.3 is 6.09 Å². The summed E-state index contributed by atoms with van der Waals surface area (Å²) < 4.78 is 47.2. The Kier molecular flexibility index (Phi) is 7.42. The van der Waals surface area contributed by atoms with Crippen LogP contribution in [-0.4, -0.2) is 44.0 Å². The molecule has 1 saturated carbocycles. The molecule has 7 nitrogen and oxygen atoms in total. The van der Waals surface area contributed by atoms with Crippen LogP contribution in [0.1, 0.15) is 40.0 Å². The molecule has 1 aromatic heterocycles. The summed E-state index contributed by atoms with van der Waals surface area (Å²) in [5.74, 6) is -3.39. The second-order valence-corrected chi connectivity index (χ2v) is 12.9. The van der Waals surface area contributed by atoms with Crippen LogP contribution in [0.3, 0.4) is 0 Å². The van der Waals surface area contributed by atoms with Crippen LogP contribution in [0.25, 0.3) is 0 Å². The molecule has 0 spiro atoms. The lowest BCUT2D eigenvalue weighted by Crippen LogP contribution is -2.49. The van der Waals surface area contributed by atoms with Crippen molar-refractivity contribution in [2.45, 2.75) is 50.5 Å². The number of hydrogen-bond acceptors (Lipinski definition) is 6. The summed E-state index contributed by atoms with van der Waals surface area (Å²) in [7, 11) is -4.55. The summed E-state index contributed by atoms with van der Waals surface area (Å²) >= 11 is 18.3. The van der Waals surface area contributed by atoms with Crippen molar-refractivity contribution in [3.05, 3.63) is 25.1 Å². The Labute approximate surface area is 204 Å². The number of rotatable bonds is 3. The largest absolute Gasteiger partial charge is 0.444 e. The van der Waals surface area contributed by atoms with E-state index in [9.17, 15) is 18.0 Å². The first-order chi connectivity index (χ1) is 14.7. The number of halogens is 4. The third-order valence-electron chi connectivity index (χ3n) is 5.20. The van der Waals surface area contributed by atoms with Gasteiger partial charge < -0.3 is 9.64 Å². The van der Waals surface area contributed by atoms with Crippen molar-refractivity contribution in [2.24, 2.45) is 11.8 Å². The minimum absolute atomic E-state index is 0.0626. The lowest BCUT2D eigenvalue weighted by molar-refractivity contribution is -0.117. The fourth-order valence-corrected chi connectivity index (χ4v) is 7.79. The number of fused-ring (bicyclic) bond motifs is 2. The molecule has 0 aromatic carbocycles. The molecule has 2 atom stereocenters. The van der Waals surface area contributed by atoms with Gasteiger partial charge in [-0.3, -0.25) is 4.79 Å². The molecule has 1 aliphatic carbocycles. The lowest BCUT2D eigenvalue weighted by Gasteiger charge is -2.43. The van der Waals surface area contributed by atoms with E-state index in [-0.39, 0.29) is 32.4 Å². The second kappa shape index (κ2) is 9.29. The van der Waals surface area contributed by atoms with Gasteiger partial charge in [0.15, 0.2) is 5.83 Å². The van der Waals surface area contributed by atoms with E-state index in [1.54, 1.807) is 25.5 Å². The summed E-state index contributed by atoms with van der Waals surface area (Å²) in [5.41, 5.74) is -0.446. The summed E-state index contributed by atoms with van der Waals surface area (Å²) in [5, 5.41) is -0.336. The van der Waals surface area contributed by atoms with Crippen molar-refractivity contribution in [3.8, 4) is 0 Å². The van der Waals surface area contributed by atoms with Crippen LogP contribution in [0, 0.1) is 11.8 Å². The summed E-state index contributed by atoms with van der Waals surface area (Å²) in [6, 6.07) is 0. The zero-order valence-corrected chi connectivity index (χ0v) is 21.4. The average molecular weight is 548 g/mol. The third kappa shape index (κ3) is 5.35. The number of nitrogens with one attached hydrogen (secondary N) is 1. The molecular weight excluding hydrogens is 526 g/mol. The fraction of sp³-hybridized carbons (Fsp3) is 0.579. The molecule has 1 aromatic rings. The molecular formula is C19H22Cl3FN2O5S2. The molecule has 13 heteroatoms. The summed E-state index contributed by atoms with van der Waals surface area (Å²) in [6.45, 7) is 5.64. The van der Waals surface area contributed by atoms with Crippen LogP contribution in [-0.2, 0) is 19.6 Å². The average Bonchev–Trinajstić information content (AvgIpc) is 2.90. The maximum Gasteiger partial charge on any atom is 0.410 e. The van der Waals surface area contributed by atoms with Crippen molar-refractivity contribution >= 4 is 68.2 Å². The van der Waals surface area contributed by atoms with Crippen molar-refractivity contribution < 1.29 is 27.1 Å². The Bertz CT molecular complexity index is 1070. The van der Waals surface area contributed by atoms with Gasteiger partial charge in [0, 0.05) is 24.9 Å². The van der Waals surface area contributed by atoms with Crippen molar-refractivity contribution in [1.82, 2.24) is 9.62 Å². The van der Waals surface area contributed by atoms with Crippen LogP contribution in [0.2, 0.25) is 13.7 Å². The molecule has 2 aliphatic rings. The second-order valence-electron chi connectivity index (χ2n) is 8.71. The predicted molar refractivity (Wildman–Crippen MR) is 121 cm³/mol. The minimum atomic E-state index is -4.55. The van der Waals surface area contributed by atoms with Gasteiger partial charge in [-0.2, -0.15) is 0 Å². The quantitative estimate of drug-likeness (QED) is 0.511. The highest BCUT2D eigenvalue weighted by molar-refractivity contribution is 7.90. The number of likely N-dealkylation sites (tertiary alicyclic amines) is 1. The third-order valence-corrected chi connectivity index (χ3v) is 9.14. The van der Waals surface area contributed by atoms with Gasteiger partial charge in [-0.15, -0.1) is 11.3 Å². The lowest BCUT2D eigenvalue weighted by atomic mass is 9.73. The first kappa shape index (κ1) is 25.6. The van der Waals surface area contributed by atoms with Crippen LogP contribution < -0.4 is 4.72 Å². The molecule has 2 heterocycles. The molecule has 1 saturated heterocycles. The zero-order chi connectivity index (χ0) is 24.0. The highest BCUT2D eigenvalue weighted by atomic mass is 35.5. The monoisotopic (exact) mass is 546 g/mol. The zero-order valence-electron chi connectivity index (χ0n) is 17.5. The van der Waals surface area contributed by atoms with Gasteiger partial charge in [-0.05, 0) is 39.2 Å². The van der Waals surface area contributed by atoms with Gasteiger partial charge in [0.2, 0.25) is 0 Å². The Morgan fingerprint density at radius 1 is 1.12 bits per heavy atom. The van der Waals surface area contributed by atoms with Crippen LogP contribution in [0.4, 0.5) is 9.18 Å². The van der Waals surface area contributed by atoms with E-state index in [0.29, 0.717) is 12.8 Å². The van der Waals surface area contributed by atoms with Gasteiger partial charge in [0.05, 0.1) is 5.02 Å². The number of carbonyl (C=O) groups is 2. The van der Waals surface area contributed by atoms with Crippen molar-refractivity contribution in [3.63, 3.8) is 0 Å².